The molecule has 0 aliphatic rings. The minimum absolute atomic E-state index is 0.254. The van der Waals surface area contributed by atoms with Gasteiger partial charge in [-0.3, -0.25) is 9.59 Å². The van der Waals surface area contributed by atoms with Gasteiger partial charge in [0.15, 0.2) is 11.5 Å². The zero-order valence-corrected chi connectivity index (χ0v) is 18.6. The van der Waals surface area contributed by atoms with Gasteiger partial charge in [0.25, 0.3) is 5.91 Å². The van der Waals surface area contributed by atoms with E-state index in [-0.39, 0.29) is 17.9 Å². The number of thiophene rings is 1. The SMILES string of the molecule is COc1ccc(C(C)NC(=O)C(Cc2ccccc2)NC(=O)c2cccs2)cc1OC. The van der Waals surface area contributed by atoms with Gasteiger partial charge in [0, 0.05) is 6.42 Å². The van der Waals surface area contributed by atoms with E-state index in [4.69, 9.17) is 9.47 Å². The summed E-state index contributed by atoms with van der Waals surface area (Å²) in [5.41, 5.74) is 1.84. The molecular weight excluding hydrogens is 412 g/mol. The summed E-state index contributed by atoms with van der Waals surface area (Å²) in [5.74, 6) is 0.698. The van der Waals surface area contributed by atoms with E-state index in [2.05, 4.69) is 10.6 Å². The van der Waals surface area contributed by atoms with Crippen molar-refractivity contribution >= 4 is 23.2 Å². The minimum atomic E-state index is -0.709. The van der Waals surface area contributed by atoms with Crippen molar-refractivity contribution < 1.29 is 19.1 Å². The third-order valence-electron chi connectivity index (χ3n) is 4.92. The number of rotatable bonds is 9. The zero-order valence-electron chi connectivity index (χ0n) is 17.8. The Hall–Kier alpha value is -3.32. The molecule has 0 aliphatic heterocycles. The normalized spacial score (nSPS) is 12.5. The van der Waals surface area contributed by atoms with Gasteiger partial charge in [0.2, 0.25) is 5.91 Å². The maximum Gasteiger partial charge on any atom is 0.262 e. The number of hydrogen-bond acceptors (Lipinski definition) is 5. The van der Waals surface area contributed by atoms with Crippen LogP contribution in [0.2, 0.25) is 0 Å². The Kier molecular flexibility index (Phi) is 7.67. The summed E-state index contributed by atoms with van der Waals surface area (Å²) >= 11 is 1.34. The molecule has 0 spiro atoms. The van der Waals surface area contributed by atoms with Crippen molar-refractivity contribution in [1.82, 2.24) is 10.6 Å². The van der Waals surface area contributed by atoms with Gasteiger partial charge in [-0.1, -0.05) is 42.5 Å². The Balaban J connectivity index is 1.76. The maximum absolute atomic E-state index is 13.1. The summed E-state index contributed by atoms with van der Waals surface area (Å²) in [5, 5.41) is 7.72. The molecule has 3 aromatic rings. The quantitative estimate of drug-likeness (QED) is 0.530. The Bertz CT molecular complexity index is 1010. The van der Waals surface area contributed by atoms with Crippen LogP contribution in [-0.4, -0.2) is 32.1 Å². The van der Waals surface area contributed by atoms with Crippen LogP contribution >= 0.6 is 11.3 Å². The summed E-state index contributed by atoms with van der Waals surface area (Å²) in [6, 6.07) is 17.7. The molecule has 31 heavy (non-hydrogen) atoms. The second-order valence-corrected chi connectivity index (χ2v) is 7.99. The molecule has 6 nitrogen and oxygen atoms in total. The average molecular weight is 439 g/mol. The number of methoxy groups -OCH3 is 2. The Morgan fingerprint density at radius 2 is 1.68 bits per heavy atom. The van der Waals surface area contributed by atoms with Crippen molar-refractivity contribution in [3.63, 3.8) is 0 Å². The van der Waals surface area contributed by atoms with Crippen molar-refractivity contribution in [2.75, 3.05) is 14.2 Å². The van der Waals surface area contributed by atoms with E-state index < -0.39 is 6.04 Å². The third kappa shape index (κ3) is 5.86. The van der Waals surface area contributed by atoms with E-state index in [9.17, 15) is 9.59 Å². The van der Waals surface area contributed by atoms with E-state index in [1.807, 2.05) is 60.8 Å². The van der Waals surface area contributed by atoms with Gasteiger partial charge in [-0.2, -0.15) is 0 Å². The first kappa shape index (κ1) is 22.4. The van der Waals surface area contributed by atoms with Gasteiger partial charge in [0.05, 0.1) is 25.1 Å². The van der Waals surface area contributed by atoms with Crippen LogP contribution in [0.3, 0.4) is 0 Å². The standard InChI is InChI=1S/C24H26N2O4S/c1-16(18-11-12-20(29-2)21(15-18)30-3)25-23(27)19(14-17-8-5-4-6-9-17)26-24(28)22-10-7-13-31-22/h4-13,15-16,19H,14H2,1-3H3,(H,25,27)(H,26,28). The first-order valence-corrected chi connectivity index (χ1v) is 10.8. The van der Waals surface area contributed by atoms with E-state index in [0.29, 0.717) is 22.8 Å². The number of nitrogens with one attached hydrogen (secondary N) is 2. The smallest absolute Gasteiger partial charge is 0.262 e. The number of hydrogen-bond donors (Lipinski definition) is 2. The fourth-order valence-corrected chi connectivity index (χ4v) is 3.84. The molecule has 2 atom stereocenters. The van der Waals surface area contributed by atoms with Crippen LogP contribution in [0.15, 0.2) is 66.0 Å². The molecular formula is C24H26N2O4S. The largest absolute Gasteiger partial charge is 0.493 e. The number of carbonyl (C=O) groups is 2. The van der Waals surface area contributed by atoms with Gasteiger partial charge >= 0.3 is 0 Å². The lowest BCUT2D eigenvalue weighted by Crippen LogP contribution is -2.48. The number of benzene rings is 2. The lowest BCUT2D eigenvalue weighted by Gasteiger charge is -2.22. The second kappa shape index (κ2) is 10.6. The van der Waals surface area contributed by atoms with Gasteiger partial charge in [0.1, 0.15) is 6.04 Å². The van der Waals surface area contributed by atoms with Crippen LogP contribution in [0.4, 0.5) is 0 Å². The molecule has 0 bridgehead atoms. The first-order valence-electron chi connectivity index (χ1n) is 9.92. The molecule has 0 fully saturated rings. The highest BCUT2D eigenvalue weighted by Gasteiger charge is 2.24. The molecule has 1 heterocycles. The van der Waals surface area contributed by atoms with Gasteiger partial charge in [-0.25, -0.2) is 0 Å². The predicted octanol–water partition coefficient (Wildman–Crippen LogP) is 3.98. The van der Waals surface area contributed by atoms with Crippen molar-refractivity contribution in [1.29, 1.82) is 0 Å². The molecule has 0 saturated carbocycles. The molecule has 2 unspecified atom stereocenters. The highest BCUT2D eigenvalue weighted by atomic mass is 32.1. The summed E-state index contributed by atoms with van der Waals surface area (Å²) in [6.07, 6.45) is 0.391. The number of ether oxygens (including phenoxy) is 2. The van der Waals surface area contributed by atoms with E-state index >= 15 is 0 Å². The van der Waals surface area contributed by atoms with Crippen molar-refractivity contribution in [2.45, 2.75) is 25.4 Å². The fourth-order valence-electron chi connectivity index (χ4n) is 3.22. The van der Waals surface area contributed by atoms with Crippen LogP contribution in [0.5, 0.6) is 11.5 Å². The van der Waals surface area contributed by atoms with E-state index in [1.165, 1.54) is 11.3 Å². The van der Waals surface area contributed by atoms with Crippen molar-refractivity contribution in [2.24, 2.45) is 0 Å². The van der Waals surface area contributed by atoms with Crippen molar-refractivity contribution in [3.05, 3.63) is 82.0 Å². The van der Waals surface area contributed by atoms with E-state index in [1.54, 1.807) is 26.4 Å². The zero-order chi connectivity index (χ0) is 22.2. The Morgan fingerprint density at radius 1 is 0.935 bits per heavy atom. The average Bonchev–Trinajstić information content (AvgIpc) is 3.34. The maximum atomic E-state index is 13.1. The summed E-state index contributed by atoms with van der Waals surface area (Å²) in [4.78, 5) is 26.3. The fraction of sp³-hybridized carbons (Fsp3) is 0.250. The highest BCUT2D eigenvalue weighted by molar-refractivity contribution is 7.12. The molecule has 7 heteroatoms. The molecule has 0 saturated heterocycles. The summed E-state index contributed by atoms with van der Waals surface area (Å²) < 4.78 is 10.6. The van der Waals surface area contributed by atoms with E-state index in [0.717, 1.165) is 11.1 Å². The van der Waals surface area contributed by atoms with Crippen molar-refractivity contribution in [3.8, 4) is 11.5 Å². The first-order chi connectivity index (χ1) is 15.0. The van der Waals surface area contributed by atoms with Crippen LogP contribution in [0, 0.1) is 0 Å². The molecule has 1 aromatic heterocycles. The minimum Gasteiger partial charge on any atom is -0.493 e. The third-order valence-corrected chi connectivity index (χ3v) is 5.78. The molecule has 0 radical (unpaired) electrons. The summed E-state index contributed by atoms with van der Waals surface area (Å²) in [6.45, 7) is 1.89. The molecule has 0 aliphatic carbocycles. The van der Waals surface area contributed by atoms with Gasteiger partial charge in [-0.05, 0) is 41.6 Å². The highest BCUT2D eigenvalue weighted by Crippen LogP contribution is 2.29. The second-order valence-electron chi connectivity index (χ2n) is 7.04. The van der Waals surface area contributed by atoms with Crippen LogP contribution in [0.25, 0.3) is 0 Å². The topological polar surface area (TPSA) is 76.7 Å². The monoisotopic (exact) mass is 438 g/mol. The molecule has 2 aromatic carbocycles. The number of carbonyl (C=O) groups excluding carboxylic acids is 2. The Morgan fingerprint density at radius 3 is 2.32 bits per heavy atom. The Labute approximate surface area is 186 Å². The predicted molar refractivity (Wildman–Crippen MR) is 122 cm³/mol. The van der Waals surface area contributed by atoms with Gasteiger partial charge in [-0.15, -0.1) is 11.3 Å². The lowest BCUT2D eigenvalue weighted by molar-refractivity contribution is -0.123. The van der Waals surface area contributed by atoms with Crippen LogP contribution in [-0.2, 0) is 11.2 Å². The molecule has 3 rings (SSSR count). The lowest BCUT2D eigenvalue weighted by atomic mass is 10.0. The molecule has 2 N–H and O–H groups in total. The van der Waals surface area contributed by atoms with Crippen LogP contribution < -0.4 is 20.1 Å². The summed E-state index contributed by atoms with van der Waals surface area (Å²) in [7, 11) is 3.15. The molecule has 2 amide bonds. The van der Waals surface area contributed by atoms with Gasteiger partial charge < -0.3 is 20.1 Å². The molecule has 162 valence electrons. The van der Waals surface area contributed by atoms with Crippen LogP contribution in [0.1, 0.15) is 33.8 Å². The number of amides is 2.